The highest BCUT2D eigenvalue weighted by Gasteiger charge is 2.34. The molecule has 200 valence electrons. The van der Waals surface area contributed by atoms with Gasteiger partial charge < -0.3 is 20.4 Å². The van der Waals surface area contributed by atoms with E-state index in [1.807, 2.05) is 19.2 Å². The average Bonchev–Trinajstić information content (AvgIpc) is 2.99. The van der Waals surface area contributed by atoms with E-state index < -0.39 is 11.7 Å². The van der Waals surface area contributed by atoms with Crippen LogP contribution < -0.4 is 20.4 Å². The molecule has 2 aromatic carbocycles. The highest BCUT2D eigenvalue weighted by atomic mass is 19.4. The van der Waals surface area contributed by atoms with E-state index in [1.54, 1.807) is 37.2 Å². The number of rotatable bonds is 5. The van der Waals surface area contributed by atoms with Crippen molar-refractivity contribution >= 4 is 34.7 Å². The van der Waals surface area contributed by atoms with Crippen LogP contribution in [0, 0.1) is 0 Å². The van der Waals surface area contributed by atoms with Crippen LogP contribution in [0.2, 0.25) is 0 Å². The van der Waals surface area contributed by atoms with Gasteiger partial charge in [0.05, 0.1) is 23.0 Å². The molecule has 0 spiro atoms. The second-order valence-electron chi connectivity index (χ2n) is 9.68. The fourth-order valence-corrected chi connectivity index (χ4v) is 5.07. The van der Waals surface area contributed by atoms with Crippen molar-refractivity contribution in [2.75, 3.05) is 49.3 Å². The van der Waals surface area contributed by atoms with Crippen molar-refractivity contribution in [3.63, 3.8) is 0 Å². The predicted molar refractivity (Wildman–Crippen MR) is 141 cm³/mol. The minimum Gasteiger partial charge on any atom is -0.327 e. The van der Waals surface area contributed by atoms with E-state index in [1.165, 1.54) is 17.2 Å². The Morgan fingerprint density at radius 2 is 1.76 bits per heavy atom. The first-order valence-electron chi connectivity index (χ1n) is 12.5. The number of aromatic nitrogens is 2. The summed E-state index contributed by atoms with van der Waals surface area (Å²) in [7, 11) is 5.34. The molecule has 0 aliphatic carbocycles. The average molecular weight is 526 g/mol. The summed E-state index contributed by atoms with van der Waals surface area (Å²) in [5, 5.41) is 6.17. The maximum atomic E-state index is 14.0. The highest BCUT2D eigenvalue weighted by Crippen LogP contribution is 2.39. The summed E-state index contributed by atoms with van der Waals surface area (Å²) < 4.78 is 42.1. The number of para-hydroxylation sites is 1. The van der Waals surface area contributed by atoms with Gasteiger partial charge in [-0.25, -0.2) is 4.98 Å². The van der Waals surface area contributed by atoms with Crippen molar-refractivity contribution in [1.82, 2.24) is 20.2 Å². The van der Waals surface area contributed by atoms with Gasteiger partial charge in [-0.15, -0.1) is 0 Å². The van der Waals surface area contributed by atoms with E-state index in [2.05, 4.69) is 25.5 Å². The maximum Gasteiger partial charge on any atom is 0.416 e. The van der Waals surface area contributed by atoms with Crippen LogP contribution in [-0.2, 0) is 12.7 Å². The number of nitrogens with one attached hydrogen (secondary N) is 2. The molecule has 0 radical (unpaired) electrons. The van der Waals surface area contributed by atoms with Gasteiger partial charge in [0.15, 0.2) is 5.82 Å². The number of alkyl halides is 3. The van der Waals surface area contributed by atoms with Crippen LogP contribution in [0.15, 0.2) is 48.7 Å². The Morgan fingerprint density at radius 3 is 2.47 bits per heavy atom. The van der Waals surface area contributed by atoms with E-state index in [9.17, 15) is 18.0 Å². The summed E-state index contributed by atoms with van der Waals surface area (Å²) in [4.78, 5) is 27.1. The zero-order valence-electron chi connectivity index (χ0n) is 21.5. The third kappa shape index (κ3) is 5.03. The number of carbonyl (C=O) groups excluding carboxylic acids is 1. The first-order valence-corrected chi connectivity index (χ1v) is 12.5. The van der Waals surface area contributed by atoms with Crippen LogP contribution in [0.3, 0.4) is 0 Å². The van der Waals surface area contributed by atoms with E-state index in [4.69, 9.17) is 0 Å². The van der Waals surface area contributed by atoms with E-state index in [-0.39, 0.29) is 29.7 Å². The molecule has 3 aromatic rings. The first-order chi connectivity index (χ1) is 18.2. The Morgan fingerprint density at radius 1 is 1.03 bits per heavy atom. The fraction of sp³-hybridized carbons (Fsp3) is 0.370. The van der Waals surface area contributed by atoms with Crippen molar-refractivity contribution in [1.29, 1.82) is 0 Å². The number of nitrogens with zero attached hydrogens (tertiary/aromatic N) is 5. The number of benzene rings is 2. The molecule has 1 fully saturated rings. The SMILES string of the molecule is CNC1CCN(Cc2ccc(Nc3ncc4c(n3)N(C)c3ccccc3C(=O)N4C)cc2C(F)(F)F)CC1. The minimum absolute atomic E-state index is 0.130. The van der Waals surface area contributed by atoms with Crippen LogP contribution in [0.5, 0.6) is 0 Å². The second kappa shape index (κ2) is 10.2. The second-order valence-corrected chi connectivity index (χ2v) is 9.68. The molecular formula is C27H30F3N7O. The van der Waals surface area contributed by atoms with Gasteiger partial charge in [-0.05, 0) is 62.8 Å². The van der Waals surface area contributed by atoms with Crippen LogP contribution in [0.4, 0.5) is 42.0 Å². The molecule has 0 atom stereocenters. The number of fused-ring (bicyclic) bond motifs is 2. The standard InChI is InChI=1S/C27H30F3N7O/c1-31-18-10-12-37(13-11-18)16-17-8-9-19(14-21(17)27(28,29)30)33-26-32-15-23-24(34-26)35(2)22-7-5-4-6-20(22)25(38)36(23)3/h4-9,14-15,18,31H,10-13,16H2,1-3H3,(H,32,33,34). The molecule has 2 aliphatic heterocycles. The van der Waals surface area contributed by atoms with Crippen molar-refractivity contribution in [2.45, 2.75) is 31.6 Å². The number of amides is 1. The molecule has 0 bridgehead atoms. The lowest BCUT2D eigenvalue weighted by molar-refractivity contribution is -0.138. The molecule has 0 saturated carbocycles. The summed E-state index contributed by atoms with van der Waals surface area (Å²) in [6.07, 6.45) is -1.18. The zero-order chi connectivity index (χ0) is 27.0. The number of likely N-dealkylation sites (tertiary alicyclic amines) is 1. The van der Waals surface area contributed by atoms with Crippen molar-refractivity contribution < 1.29 is 18.0 Å². The Labute approximate surface area is 219 Å². The van der Waals surface area contributed by atoms with Gasteiger partial charge in [-0.2, -0.15) is 18.2 Å². The largest absolute Gasteiger partial charge is 0.416 e. The van der Waals surface area contributed by atoms with Gasteiger partial charge in [0, 0.05) is 32.4 Å². The summed E-state index contributed by atoms with van der Waals surface area (Å²) >= 11 is 0. The van der Waals surface area contributed by atoms with Crippen LogP contribution in [0.1, 0.15) is 34.3 Å². The topological polar surface area (TPSA) is 76.6 Å². The Kier molecular flexibility index (Phi) is 6.97. The Bertz CT molecular complexity index is 1340. The molecule has 1 saturated heterocycles. The third-order valence-electron chi connectivity index (χ3n) is 7.29. The first kappa shape index (κ1) is 25.9. The number of halogens is 3. The van der Waals surface area contributed by atoms with Gasteiger partial charge in [0.1, 0.15) is 5.69 Å². The molecule has 11 heteroatoms. The Hall–Kier alpha value is -3.70. The molecule has 1 aromatic heterocycles. The fourth-order valence-electron chi connectivity index (χ4n) is 5.07. The molecule has 5 rings (SSSR count). The Balaban J connectivity index is 1.42. The van der Waals surface area contributed by atoms with Gasteiger partial charge in [0.2, 0.25) is 5.95 Å². The molecule has 8 nitrogen and oxygen atoms in total. The number of hydrogen-bond donors (Lipinski definition) is 2. The van der Waals surface area contributed by atoms with Gasteiger partial charge >= 0.3 is 6.18 Å². The van der Waals surface area contributed by atoms with E-state index >= 15 is 0 Å². The lowest BCUT2D eigenvalue weighted by Crippen LogP contribution is -2.41. The van der Waals surface area contributed by atoms with Gasteiger partial charge in [0.25, 0.3) is 5.91 Å². The quantitative estimate of drug-likeness (QED) is 0.497. The lowest BCUT2D eigenvalue weighted by Gasteiger charge is -2.32. The number of carbonyl (C=O) groups is 1. The van der Waals surface area contributed by atoms with Gasteiger partial charge in [-0.3, -0.25) is 9.69 Å². The van der Waals surface area contributed by atoms with Crippen molar-refractivity contribution in [2.24, 2.45) is 0 Å². The smallest absolute Gasteiger partial charge is 0.327 e. The molecule has 38 heavy (non-hydrogen) atoms. The third-order valence-corrected chi connectivity index (χ3v) is 7.29. The molecule has 0 unspecified atom stereocenters. The zero-order valence-corrected chi connectivity index (χ0v) is 21.5. The molecule has 1 amide bonds. The normalized spacial score (nSPS) is 16.7. The minimum atomic E-state index is -4.50. The monoisotopic (exact) mass is 525 g/mol. The summed E-state index contributed by atoms with van der Waals surface area (Å²) in [5.41, 5.74) is 1.49. The summed E-state index contributed by atoms with van der Waals surface area (Å²) in [6, 6.07) is 11.8. The van der Waals surface area contributed by atoms with Gasteiger partial charge in [-0.1, -0.05) is 18.2 Å². The number of anilines is 5. The maximum absolute atomic E-state index is 14.0. The van der Waals surface area contributed by atoms with Crippen molar-refractivity contribution in [3.05, 3.63) is 65.4 Å². The number of piperidine rings is 1. The van der Waals surface area contributed by atoms with Crippen LogP contribution >= 0.6 is 0 Å². The van der Waals surface area contributed by atoms with Crippen molar-refractivity contribution in [3.8, 4) is 0 Å². The van der Waals surface area contributed by atoms with Crippen LogP contribution in [-0.4, -0.2) is 61.0 Å². The predicted octanol–water partition coefficient (Wildman–Crippen LogP) is 4.78. The summed E-state index contributed by atoms with van der Waals surface area (Å²) in [5.74, 6) is 0.392. The van der Waals surface area contributed by atoms with E-state index in [0.717, 1.165) is 32.0 Å². The molecule has 3 heterocycles. The van der Waals surface area contributed by atoms with Crippen LogP contribution in [0.25, 0.3) is 0 Å². The molecule has 2 N–H and O–H groups in total. The highest BCUT2D eigenvalue weighted by molar-refractivity contribution is 6.13. The molecule has 2 aliphatic rings. The number of hydrogen-bond acceptors (Lipinski definition) is 7. The molecular weight excluding hydrogens is 495 g/mol. The lowest BCUT2D eigenvalue weighted by atomic mass is 10.0. The summed E-state index contributed by atoms with van der Waals surface area (Å²) in [6.45, 7) is 1.74. The van der Waals surface area contributed by atoms with E-state index in [0.29, 0.717) is 28.8 Å².